The van der Waals surface area contributed by atoms with Crippen molar-refractivity contribution in [1.82, 2.24) is 10.5 Å². The minimum Gasteiger partial charge on any atom is -0.477 e. The number of hydrogen-bond acceptors (Lipinski definition) is 4. The summed E-state index contributed by atoms with van der Waals surface area (Å²) >= 11 is 0. The molecule has 0 saturated heterocycles. The Labute approximate surface area is 98.0 Å². The summed E-state index contributed by atoms with van der Waals surface area (Å²) in [6.07, 6.45) is 1.86. The van der Waals surface area contributed by atoms with Crippen LogP contribution in [0.25, 0.3) is 0 Å². The first-order valence-corrected chi connectivity index (χ1v) is 5.54. The minimum absolute atomic E-state index is 0.104. The van der Waals surface area contributed by atoms with Crippen molar-refractivity contribution in [2.45, 2.75) is 38.6 Å². The first-order chi connectivity index (χ1) is 8.00. The molecule has 1 aromatic heterocycles. The number of aromatic nitrogens is 1. The molecule has 0 bridgehead atoms. The van der Waals surface area contributed by atoms with Gasteiger partial charge in [0.15, 0.2) is 0 Å². The van der Waals surface area contributed by atoms with Crippen molar-refractivity contribution in [3.05, 3.63) is 17.0 Å². The van der Waals surface area contributed by atoms with Gasteiger partial charge in [-0.05, 0) is 18.8 Å². The van der Waals surface area contributed by atoms with E-state index in [1.807, 2.05) is 0 Å². The Balaban J connectivity index is 2.32. The summed E-state index contributed by atoms with van der Waals surface area (Å²) in [6, 6.07) is 0.150. The van der Waals surface area contributed by atoms with E-state index < -0.39 is 11.9 Å². The van der Waals surface area contributed by atoms with Crippen LogP contribution < -0.4 is 5.32 Å². The van der Waals surface area contributed by atoms with Crippen LogP contribution in [0.5, 0.6) is 0 Å². The molecule has 0 atom stereocenters. The van der Waals surface area contributed by atoms with Gasteiger partial charge in [-0.25, -0.2) is 4.79 Å². The molecule has 6 nitrogen and oxygen atoms in total. The fourth-order valence-corrected chi connectivity index (χ4v) is 1.54. The van der Waals surface area contributed by atoms with E-state index in [0.29, 0.717) is 5.69 Å². The number of hydrogen-bond donors (Lipinski definition) is 2. The summed E-state index contributed by atoms with van der Waals surface area (Å²) in [4.78, 5) is 22.9. The van der Waals surface area contributed by atoms with Gasteiger partial charge in [-0.3, -0.25) is 4.79 Å². The van der Waals surface area contributed by atoms with E-state index in [1.165, 1.54) is 0 Å². The Morgan fingerprint density at radius 2 is 2.12 bits per heavy atom. The summed E-state index contributed by atoms with van der Waals surface area (Å²) in [6.45, 7) is 3.60. The molecule has 92 valence electrons. The molecule has 0 spiro atoms. The van der Waals surface area contributed by atoms with Crippen LogP contribution in [0.15, 0.2) is 4.52 Å². The minimum atomic E-state index is -1.18. The van der Waals surface area contributed by atoms with Gasteiger partial charge >= 0.3 is 5.97 Å². The zero-order valence-corrected chi connectivity index (χ0v) is 9.69. The number of carboxylic acids is 1. The number of aromatic carboxylic acids is 1. The molecular formula is C11H14N2O4. The number of rotatable bonds is 4. The van der Waals surface area contributed by atoms with E-state index in [2.05, 4.69) is 10.5 Å². The average molecular weight is 238 g/mol. The lowest BCUT2D eigenvalue weighted by atomic mass is 10.0. The number of carbonyl (C=O) groups excluding carboxylic acids is 1. The molecule has 1 saturated carbocycles. The third kappa shape index (κ3) is 2.30. The molecule has 0 aromatic carbocycles. The molecule has 2 N–H and O–H groups in total. The standard InChI is InChI=1S/C11H14N2O4/c1-5(2)8-7(11(15)16)9(17-13-8)10(14)12-6-3-4-6/h5-6H,3-4H2,1-2H3,(H,12,14)(H,15,16). The van der Waals surface area contributed by atoms with E-state index in [4.69, 9.17) is 9.63 Å². The molecule has 17 heavy (non-hydrogen) atoms. The Bertz CT molecular complexity index is 460. The Morgan fingerprint density at radius 1 is 1.47 bits per heavy atom. The van der Waals surface area contributed by atoms with Crippen LogP contribution in [0.3, 0.4) is 0 Å². The van der Waals surface area contributed by atoms with Gasteiger partial charge in [-0.2, -0.15) is 0 Å². The predicted octanol–water partition coefficient (Wildman–Crippen LogP) is 1.39. The van der Waals surface area contributed by atoms with Crippen LogP contribution in [-0.4, -0.2) is 28.2 Å². The van der Waals surface area contributed by atoms with Gasteiger partial charge in [0.05, 0.1) is 0 Å². The van der Waals surface area contributed by atoms with Gasteiger partial charge in [0.1, 0.15) is 11.3 Å². The van der Waals surface area contributed by atoms with Crippen molar-refractivity contribution < 1.29 is 19.2 Å². The first-order valence-electron chi connectivity index (χ1n) is 5.54. The first kappa shape index (κ1) is 11.6. The quantitative estimate of drug-likeness (QED) is 0.826. The lowest BCUT2D eigenvalue weighted by molar-refractivity contribution is 0.0686. The van der Waals surface area contributed by atoms with Crippen molar-refractivity contribution in [3.8, 4) is 0 Å². The predicted molar refractivity (Wildman–Crippen MR) is 58.0 cm³/mol. The van der Waals surface area contributed by atoms with Crippen molar-refractivity contribution in [2.24, 2.45) is 0 Å². The molecular weight excluding hydrogens is 224 g/mol. The molecule has 1 heterocycles. The summed E-state index contributed by atoms with van der Waals surface area (Å²) in [5.74, 6) is -1.99. The van der Waals surface area contributed by atoms with Crippen LogP contribution in [0.2, 0.25) is 0 Å². The van der Waals surface area contributed by atoms with Crippen molar-refractivity contribution >= 4 is 11.9 Å². The van der Waals surface area contributed by atoms with Crippen molar-refractivity contribution in [2.75, 3.05) is 0 Å². The lowest BCUT2D eigenvalue weighted by Gasteiger charge is -2.02. The van der Waals surface area contributed by atoms with Crippen molar-refractivity contribution in [1.29, 1.82) is 0 Å². The topological polar surface area (TPSA) is 92.4 Å². The van der Waals surface area contributed by atoms with Gasteiger partial charge < -0.3 is 14.9 Å². The van der Waals surface area contributed by atoms with Gasteiger partial charge in [-0.15, -0.1) is 0 Å². The van der Waals surface area contributed by atoms with E-state index in [1.54, 1.807) is 13.8 Å². The maximum atomic E-state index is 11.7. The molecule has 1 amide bonds. The highest BCUT2D eigenvalue weighted by molar-refractivity contribution is 6.03. The Kier molecular flexibility index (Phi) is 2.87. The second kappa shape index (κ2) is 4.20. The smallest absolute Gasteiger partial charge is 0.341 e. The summed E-state index contributed by atoms with van der Waals surface area (Å²) in [5.41, 5.74) is 0.177. The zero-order chi connectivity index (χ0) is 12.6. The van der Waals surface area contributed by atoms with E-state index in [-0.39, 0.29) is 23.3 Å². The fourth-order valence-electron chi connectivity index (χ4n) is 1.54. The third-order valence-electron chi connectivity index (χ3n) is 2.60. The molecule has 1 fully saturated rings. The van der Waals surface area contributed by atoms with Crippen molar-refractivity contribution in [3.63, 3.8) is 0 Å². The summed E-state index contributed by atoms with van der Waals surface area (Å²) in [5, 5.41) is 15.5. The largest absolute Gasteiger partial charge is 0.477 e. The van der Waals surface area contributed by atoms with E-state index >= 15 is 0 Å². The molecule has 0 radical (unpaired) electrons. The van der Waals surface area contributed by atoms with E-state index in [9.17, 15) is 9.59 Å². The van der Waals surface area contributed by atoms with E-state index in [0.717, 1.165) is 12.8 Å². The van der Waals surface area contributed by atoms with Gasteiger partial charge in [0.25, 0.3) is 5.91 Å². The lowest BCUT2D eigenvalue weighted by Crippen LogP contribution is -2.26. The number of nitrogens with one attached hydrogen (secondary N) is 1. The van der Waals surface area contributed by atoms with Crippen LogP contribution in [0.4, 0.5) is 0 Å². The van der Waals surface area contributed by atoms with Crippen LogP contribution in [0, 0.1) is 0 Å². The highest BCUT2D eigenvalue weighted by Gasteiger charge is 2.32. The summed E-state index contributed by atoms with van der Waals surface area (Å²) < 4.78 is 4.87. The molecule has 6 heteroatoms. The maximum absolute atomic E-state index is 11.7. The Morgan fingerprint density at radius 3 is 2.59 bits per heavy atom. The molecule has 2 rings (SSSR count). The molecule has 0 unspecified atom stereocenters. The van der Waals surface area contributed by atoms with Crippen LogP contribution in [0.1, 0.15) is 59.2 Å². The Hall–Kier alpha value is -1.85. The monoisotopic (exact) mass is 238 g/mol. The zero-order valence-electron chi connectivity index (χ0n) is 9.69. The van der Waals surface area contributed by atoms with Crippen LogP contribution >= 0.6 is 0 Å². The molecule has 1 aromatic rings. The maximum Gasteiger partial charge on any atom is 0.341 e. The summed E-state index contributed by atoms with van der Waals surface area (Å²) in [7, 11) is 0. The van der Waals surface area contributed by atoms with Gasteiger partial charge in [0.2, 0.25) is 5.76 Å². The molecule has 1 aliphatic carbocycles. The fraction of sp³-hybridized carbons (Fsp3) is 0.545. The second-order valence-corrected chi connectivity index (χ2v) is 4.48. The molecule has 0 aliphatic heterocycles. The highest BCUT2D eigenvalue weighted by atomic mass is 16.5. The SMILES string of the molecule is CC(C)c1noc(C(=O)NC2CC2)c1C(=O)O. The van der Waals surface area contributed by atoms with Crippen LogP contribution in [-0.2, 0) is 0 Å². The normalized spacial score (nSPS) is 15.0. The highest BCUT2D eigenvalue weighted by Crippen LogP contribution is 2.24. The van der Waals surface area contributed by atoms with Gasteiger partial charge in [0, 0.05) is 6.04 Å². The number of carboxylic acid groups (broad SMARTS) is 1. The van der Waals surface area contributed by atoms with Gasteiger partial charge in [-0.1, -0.05) is 19.0 Å². The average Bonchev–Trinajstić information content (AvgIpc) is 2.93. The number of carbonyl (C=O) groups is 2. The number of nitrogens with zero attached hydrogens (tertiary/aromatic N) is 1. The second-order valence-electron chi connectivity index (χ2n) is 4.48. The molecule has 1 aliphatic rings. The number of amides is 1. The third-order valence-corrected chi connectivity index (χ3v) is 2.60.